The third-order valence-electron chi connectivity index (χ3n) is 10.5. The van der Waals surface area contributed by atoms with Crippen molar-refractivity contribution >= 4 is 52.1 Å². The van der Waals surface area contributed by atoms with Crippen LogP contribution >= 0.6 is 11.8 Å². The minimum absolute atomic E-state index is 0.0192. The number of β-lactam (4-membered cyclic amide) rings is 1. The highest BCUT2D eigenvalue weighted by Crippen LogP contribution is 2.49. The molecule has 1 unspecified atom stereocenters. The van der Waals surface area contributed by atoms with Gasteiger partial charge in [-0.2, -0.15) is 0 Å². The predicted octanol–water partition coefficient (Wildman–Crippen LogP) is 3.46. The van der Waals surface area contributed by atoms with Crippen molar-refractivity contribution in [2.24, 2.45) is 5.92 Å². The van der Waals surface area contributed by atoms with E-state index in [0.29, 0.717) is 25.9 Å². The summed E-state index contributed by atoms with van der Waals surface area (Å²) in [5, 5.41) is 15.3. The number of aliphatic carboxylic acids is 1. The average molecular weight is 720 g/mol. The number of halogens is 2. The maximum absolute atomic E-state index is 16.5. The van der Waals surface area contributed by atoms with Gasteiger partial charge in [-0.1, -0.05) is 30.3 Å². The Morgan fingerprint density at radius 1 is 1.10 bits per heavy atom. The maximum atomic E-state index is 16.5. The number of fused-ring (bicyclic) bond motifs is 3. The van der Waals surface area contributed by atoms with Gasteiger partial charge >= 0.3 is 11.9 Å². The first-order chi connectivity index (χ1) is 24.5. The quantitative estimate of drug-likeness (QED) is 0.180. The summed E-state index contributed by atoms with van der Waals surface area (Å²) in [5.74, 6) is -5.96. The lowest BCUT2D eigenvalue weighted by Crippen LogP contribution is -2.61. The molecule has 0 bridgehead atoms. The zero-order valence-electron chi connectivity index (χ0n) is 27.6. The first-order valence-electron chi connectivity index (χ1n) is 17.0. The van der Waals surface area contributed by atoms with E-state index in [2.05, 4.69) is 10.6 Å². The molecule has 5 aliphatic rings. The second kappa shape index (κ2) is 12.8. The molecule has 15 heteroatoms. The SMILES string of the molecule is CC(=O)NC(OC(=O)c1cn(C2CC2)c2c(F)c(N3C[C@@H]4CCCN[C@@H]4C3)c(F)cc2c1=O)C1=C(C(=O)O)N2C(=O)[C@@H](c3ccccc3)[C@H]2SC1. The van der Waals surface area contributed by atoms with Gasteiger partial charge in [-0.3, -0.25) is 19.3 Å². The van der Waals surface area contributed by atoms with Crippen molar-refractivity contribution in [1.82, 2.24) is 20.1 Å². The molecule has 5 atom stereocenters. The summed E-state index contributed by atoms with van der Waals surface area (Å²) >= 11 is 1.25. The number of piperidine rings is 1. The van der Waals surface area contributed by atoms with Gasteiger partial charge in [0.2, 0.25) is 23.5 Å². The van der Waals surface area contributed by atoms with E-state index < -0.39 is 69.6 Å². The fourth-order valence-corrected chi connectivity index (χ4v) is 9.42. The molecule has 2 amide bonds. The number of amides is 2. The van der Waals surface area contributed by atoms with Crippen molar-refractivity contribution in [3.63, 3.8) is 0 Å². The second-order valence-corrected chi connectivity index (χ2v) is 14.9. The molecule has 3 aromatic rings. The lowest BCUT2D eigenvalue weighted by Gasteiger charge is -2.50. The van der Waals surface area contributed by atoms with Gasteiger partial charge in [0.05, 0.1) is 22.2 Å². The predicted molar refractivity (Wildman–Crippen MR) is 183 cm³/mol. The van der Waals surface area contributed by atoms with Crippen LogP contribution in [0.15, 0.2) is 58.7 Å². The minimum Gasteiger partial charge on any atom is -0.477 e. The van der Waals surface area contributed by atoms with Crippen LogP contribution in [0.1, 0.15) is 60.5 Å². The number of thioether (sulfide) groups is 1. The molecule has 1 aromatic heterocycles. The van der Waals surface area contributed by atoms with Crippen LogP contribution in [0.4, 0.5) is 14.5 Å². The van der Waals surface area contributed by atoms with Crippen molar-refractivity contribution in [3.8, 4) is 0 Å². The van der Waals surface area contributed by atoms with Crippen LogP contribution in [-0.2, 0) is 19.1 Å². The maximum Gasteiger partial charge on any atom is 0.352 e. The van der Waals surface area contributed by atoms with Crippen molar-refractivity contribution in [2.75, 3.05) is 30.3 Å². The molecule has 4 fully saturated rings. The Bertz CT molecular complexity index is 2070. The zero-order chi connectivity index (χ0) is 35.7. The number of aromatic nitrogens is 1. The van der Waals surface area contributed by atoms with E-state index in [-0.39, 0.29) is 45.9 Å². The van der Waals surface area contributed by atoms with E-state index >= 15 is 8.78 Å². The summed E-state index contributed by atoms with van der Waals surface area (Å²) in [6, 6.07) is 9.78. The van der Waals surface area contributed by atoms with Crippen LogP contribution in [-0.4, -0.2) is 81.4 Å². The summed E-state index contributed by atoms with van der Waals surface area (Å²) < 4.78 is 39.4. The largest absolute Gasteiger partial charge is 0.477 e. The number of hydrogen-bond acceptors (Lipinski definition) is 9. The number of carbonyl (C=O) groups excluding carboxylic acids is 3. The monoisotopic (exact) mass is 719 g/mol. The van der Waals surface area contributed by atoms with E-state index in [1.807, 2.05) is 6.07 Å². The first-order valence-corrected chi connectivity index (χ1v) is 18.1. The standard InChI is InChI=1S/C36H35F2N5O7S/c1-17(44)40-32(23-16-51-34-26(18-6-3-2-4-7-18)33(46)43(34)29(23)35(47)48)50-36(49)22-14-42(20-9-10-20)28-21(31(22)45)12-24(37)30(27(28)38)41-13-19-8-5-11-39-25(19)15-41/h2-4,6-7,12,14,19-20,25-26,32,34,39H,5,8-11,13,15-16H2,1H3,(H,40,44)(H,47,48)/t19-,25+,26+,32?,34+/m0/s1. The van der Waals surface area contributed by atoms with Crippen LogP contribution in [0.3, 0.4) is 0 Å². The summed E-state index contributed by atoms with van der Waals surface area (Å²) in [6.45, 7) is 2.89. The Morgan fingerprint density at radius 2 is 1.86 bits per heavy atom. The molecule has 12 nitrogen and oxygen atoms in total. The van der Waals surface area contributed by atoms with E-state index in [1.165, 1.54) is 22.5 Å². The summed E-state index contributed by atoms with van der Waals surface area (Å²) in [6.07, 6.45) is 2.77. The number of nitrogens with one attached hydrogen (secondary N) is 2. The van der Waals surface area contributed by atoms with Crippen molar-refractivity contribution in [1.29, 1.82) is 0 Å². The summed E-state index contributed by atoms with van der Waals surface area (Å²) in [4.78, 5) is 68.8. The fourth-order valence-electron chi connectivity index (χ4n) is 7.96. The molecule has 1 saturated carbocycles. The van der Waals surface area contributed by atoms with Crippen LogP contribution in [0.25, 0.3) is 10.9 Å². The molecular weight excluding hydrogens is 684 g/mol. The van der Waals surface area contributed by atoms with Gasteiger partial charge < -0.3 is 29.9 Å². The van der Waals surface area contributed by atoms with E-state index in [4.69, 9.17) is 4.74 Å². The van der Waals surface area contributed by atoms with E-state index in [9.17, 15) is 29.1 Å². The van der Waals surface area contributed by atoms with Crippen molar-refractivity contribution in [2.45, 2.75) is 62.2 Å². The third kappa shape index (κ3) is 5.66. The molecule has 51 heavy (non-hydrogen) atoms. The number of benzene rings is 2. The van der Waals surface area contributed by atoms with Gasteiger partial charge in [0.25, 0.3) is 0 Å². The summed E-state index contributed by atoms with van der Waals surface area (Å²) in [5.41, 5.74) is -1.56. The zero-order valence-corrected chi connectivity index (χ0v) is 28.4. The lowest BCUT2D eigenvalue weighted by atomic mass is 9.88. The molecule has 5 heterocycles. The average Bonchev–Trinajstić information content (AvgIpc) is 3.86. The van der Waals surface area contributed by atoms with Gasteiger partial charge in [-0.15, -0.1) is 11.8 Å². The Hall–Kier alpha value is -4.76. The van der Waals surface area contributed by atoms with Crippen LogP contribution in [0, 0.1) is 17.6 Å². The highest BCUT2D eigenvalue weighted by Gasteiger charge is 2.55. The molecule has 3 saturated heterocycles. The molecule has 1 aliphatic carbocycles. The minimum atomic E-state index is -1.66. The second-order valence-electron chi connectivity index (χ2n) is 13.8. The van der Waals surface area contributed by atoms with E-state index in [1.54, 1.807) is 29.2 Å². The van der Waals surface area contributed by atoms with Crippen molar-refractivity contribution in [3.05, 3.63) is 86.8 Å². The van der Waals surface area contributed by atoms with Crippen molar-refractivity contribution < 1.29 is 37.8 Å². The van der Waals surface area contributed by atoms with Gasteiger partial charge in [-0.25, -0.2) is 18.4 Å². The number of carbonyl (C=O) groups is 4. The molecule has 2 aromatic carbocycles. The molecule has 8 rings (SSSR count). The number of esters is 1. The van der Waals surface area contributed by atoms with Gasteiger partial charge in [0, 0.05) is 49.6 Å². The number of ether oxygens (including phenoxy) is 1. The van der Waals surface area contributed by atoms with Crippen LogP contribution in [0.5, 0.6) is 0 Å². The number of hydrogen-bond donors (Lipinski definition) is 3. The Balaban J connectivity index is 1.14. The fraction of sp³-hybridized carbons (Fsp3) is 0.417. The smallest absolute Gasteiger partial charge is 0.352 e. The molecule has 0 spiro atoms. The van der Waals surface area contributed by atoms with E-state index in [0.717, 1.165) is 42.8 Å². The van der Waals surface area contributed by atoms with Gasteiger partial charge in [0.1, 0.15) is 22.8 Å². The number of rotatable bonds is 8. The Morgan fingerprint density at radius 3 is 2.55 bits per heavy atom. The molecule has 0 radical (unpaired) electrons. The lowest BCUT2D eigenvalue weighted by molar-refractivity contribution is -0.148. The number of nitrogens with zero attached hydrogens (tertiary/aromatic N) is 3. The molecular formula is C36H35F2N5O7S. The topological polar surface area (TPSA) is 150 Å². The number of carboxylic acids is 1. The first kappa shape index (κ1) is 33.4. The highest BCUT2D eigenvalue weighted by molar-refractivity contribution is 8.00. The highest BCUT2D eigenvalue weighted by atomic mass is 32.2. The summed E-state index contributed by atoms with van der Waals surface area (Å²) in [7, 11) is 0. The molecule has 4 aliphatic heterocycles. The number of carboxylic acid groups (broad SMARTS) is 1. The van der Waals surface area contributed by atoms with Crippen LogP contribution in [0.2, 0.25) is 0 Å². The number of anilines is 1. The third-order valence-corrected chi connectivity index (χ3v) is 11.8. The number of pyridine rings is 1. The van der Waals surface area contributed by atoms with Crippen LogP contribution < -0.4 is 21.0 Å². The Kier molecular flexibility index (Phi) is 8.37. The molecule has 266 valence electrons. The van der Waals surface area contributed by atoms with Gasteiger partial charge in [-0.05, 0) is 49.8 Å². The normalized spacial score (nSPS) is 24.9. The molecule has 3 N–H and O–H groups in total. The Labute approximate surface area is 294 Å². The van der Waals surface area contributed by atoms with Gasteiger partial charge in [0.15, 0.2) is 5.82 Å².